The summed E-state index contributed by atoms with van der Waals surface area (Å²) in [5, 5.41) is 14.0. The molecule has 9 heteroatoms. The smallest absolute Gasteiger partial charge is 0.339 e. The van der Waals surface area contributed by atoms with Crippen molar-refractivity contribution in [2.24, 2.45) is 0 Å². The van der Waals surface area contributed by atoms with Gasteiger partial charge in [0, 0.05) is 17.8 Å². The Morgan fingerprint density at radius 2 is 1.92 bits per heavy atom. The van der Waals surface area contributed by atoms with Crippen molar-refractivity contribution in [2.75, 3.05) is 11.1 Å². The van der Waals surface area contributed by atoms with Gasteiger partial charge in [-0.05, 0) is 18.6 Å². The van der Waals surface area contributed by atoms with Gasteiger partial charge in [-0.1, -0.05) is 18.2 Å². The largest absolute Gasteiger partial charge is 0.619 e. The Hall–Kier alpha value is -3.75. The average Bonchev–Trinajstić information content (AvgIpc) is 2.62. The molecule has 0 bridgehead atoms. The summed E-state index contributed by atoms with van der Waals surface area (Å²) in [5.41, 5.74) is 7.80. The topological polar surface area (TPSA) is 130 Å². The molecule has 2 heterocycles. The SMILES string of the molecule is Cc1ccccc1Nc1nc(N)nc(COC(=O)c2cc[n+]([O-])cc2)n1. The van der Waals surface area contributed by atoms with Crippen LogP contribution in [0.3, 0.4) is 0 Å². The normalized spacial score (nSPS) is 10.3. The Balaban J connectivity index is 1.70. The zero-order chi connectivity index (χ0) is 18.5. The number of benzene rings is 1. The molecule has 2 aromatic heterocycles. The number of nitrogen functional groups attached to an aromatic ring is 1. The molecule has 3 aromatic rings. The molecule has 0 aliphatic heterocycles. The Morgan fingerprint density at radius 3 is 2.65 bits per heavy atom. The van der Waals surface area contributed by atoms with Crippen LogP contribution >= 0.6 is 0 Å². The highest BCUT2D eigenvalue weighted by Gasteiger charge is 2.11. The Kier molecular flexibility index (Phi) is 4.88. The summed E-state index contributed by atoms with van der Waals surface area (Å²) < 4.78 is 5.73. The number of rotatable bonds is 5. The number of esters is 1. The van der Waals surface area contributed by atoms with Crippen LogP contribution in [-0.2, 0) is 11.3 Å². The maximum absolute atomic E-state index is 12.0. The van der Waals surface area contributed by atoms with Gasteiger partial charge in [0.15, 0.2) is 24.8 Å². The van der Waals surface area contributed by atoms with Crippen LogP contribution in [0, 0.1) is 12.1 Å². The van der Waals surface area contributed by atoms with Gasteiger partial charge in [-0.2, -0.15) is 19.7 Å². The summed E-state index contributed by atoms with van der Waals surface area (Å²) >= 11 is 0. The van der Waals surface area contributed by atoms with Gasteiger partial charge in [0.25, 0.3) is 0 Å². The van der Waals surface area contributed by atoms with Crippen LogP contribution in [0.4, 0.5) is 17.6 Å². The van der Waals surface area contributed by atoms with Crippen LogP contribution in [0.15, 0.2) is 48.8 Å². The number of carbonyl (C=O) groups is 1. The zero-order valence-corrected chi connectivity index (χ0v) is 13.9. The quantitative estimate of drug-likeness (QED) is 0.401. The van der Waals surface area contributed by atoms with Gasteiger partial charge in [0.2, 0.25) is 11.9 Å². The van der Waals surface area contributed by atoms with Crippen LogP contribution in [-0.4, -0.2) is 20.9 Å². The van der Waals surface area contributed by atoms with E-state index in [1.165, 1.54) is 24.5 Å². The number of ether oxygens (including phenoxy) is 1. The Morgan fingerprint density at radius 1 is 1.19 bits per heavy atom. The van der Waals surface area contributed by atoms with E-state index < -0.39 is 5.97 Å². The summed E-state index contributed by atoms with van der Waals surface area (Å²) in [7, 11) is 0. The van der Waals surface area contributed by atoms with E-state index in [-0.39, 0.29) is 29.9 Å². The second-order valence-corrected chi connectivity index (χ2v) is 5.40. The minimum absolute atomic E-state index is 0.00856. The average molecular weight is 352 g/mol. The van der Waals surface area contributed by atoms with Crippen molar-refractivity contribution in [3.63, 3.8) is 0 Å². The molecule has 3 rings (SSSR count). The number of aryl methyl sites for hydroxylation is 1. The standard InChI is InChI=1S/C17H16N6O3/c1-11-4-2-3-5-13(11)19-17-21-14(20-16(18)22-17)10-26-15(24)12-6-8-23(25)9-7-12/h2-9H,10H2,1H3,(H3,18,19,20,21,22). The summed E-state index contributed by atoms with van der Waals surface area (Å²) in [6.45, 7) is 1.77. The monoisotopic (exact) mass is 352 g/mol. The number of para-hydroxylation sites is 1. The lowest BCUT2D eigenvalue weighted by Gasteiger charge is -2.09. The van der Waals surface area contributed by atoms with E-state index in [0.29, 0.717) is 4.73 Å². The fourth-order valence-corrected chi connectivity index (χ4v) is 2.15. The highest BCUT2D eigenvalue weighted by atomic mass is 16.5. The summed E-state index contributed by atoms with van der Waals surface area (Å²) in [6.07, 6.45) is 2.42. The molecule has 0 fully saturated rings. The molecule has 0 unspecified atom stereocenters. The molecule has 132 valence electrons. The maximum Gasteiger partial charge on any atom is 0.339 e. The third kappa shape index (κ3) is 4.20. The van der Waals surface area contributed by atoms with E-state index in [0.717, 1.165) is 11.3 Å². The fourth-order valence-electron chi connectivity index (χ4n) is 2.15. The van der Waals surface area contributed by atoms with Gasteiger partial charge in [-0.15, -0.1) is 0 Å². The van der Waals surface area contributed by atoms with Crippen molar-refractivity contribution in [2.45, 2.75) is 13.5 Å². The lowest BCUT2D eigenvalue weighted by molar-refractivity contribution is -0.605. The van der Waals surface area contributed by atoms with E-state index in [4.69, 9.17) is 10.5 Å². The number of nitrogens with two attached hydrogens (primary N) is 1. The molecule has 1 aromatic carbocycles. The Bertz CT molecular complexity index is 930. The fraction of sp³-hybridized carbons (Fsp3) is 0.118. The van der Waals surface area contributed by atoms with Crippen molar-refractivity contribution >= 4 is 23.6 Å². The van der Waals surface area contributed by atoms with E-state index in [1.807, 2.05) is 31.2 Å². The van der Waals surface area contributed by atoms with Crippen molar-refractivity contribution in [3.8, 4) is 0 Å². The van der Waals surface area contributed by atoms with E-state index in [2.05, 4.69) is 20.3 Å². The first-order chi connectivity index (χ1) is 12.5. The van der Waals surface area contributed by atoms with Crippen molar-refractivity contribution in [3.05, 3.63) is 71.0 Å². The van der Waals surface area contributed by atoms with Crippen LogP contribution < -0.4 is 15.8 Å². The third-order valence-electron chi connectivity index (χ3n) is 3.46. The first kappa shape index (κ1) is 17.1. The first-order valence-corrected chi connectivity index (χ1v) is 7.70. The summed E-state index contributed by atoms with van der Waals surface area (Å²) in [4.78, 5) is 24.2. The predicted octanol–water partition coefficient (Wildman–Crippen LogP) is 1.50. The molecular formula is C17H16N6O3. The number of nitrogens with one attached hydrogen (secondary N) is 1. The number of hydrogen-bond donors (Lipinski definition) is 2. The van der Waals surface area contributed by atoms with Gasteiger partial charge >= 0.3 is 5.97 Å². The molecular weight excluding hydrogens is 336 g/mol. The molecule has 0 spiro atoms. The second-order valence-electron chi connectivity index (χ2n) is 5.40. The van der Waals surface area contributed by atoms with Gasteiger partial charge in [-0.3, -0.25) is 0 Å². The second kappa shape index (κ2) is 7.43. The minimum Gasteiger partial charge on any atom is -0.619 e. The number of anilines is 3. The number of aromatic nitrogens is 4. The van der Waals surface area contributed by atoms with Crippen LogP contribution in [0.2, 0.25) is 0 Å². The lowest BCUT2D eigenvalue weighted by atomic mass is 10.2. The predicted molar refractivity (Wildman–Crippen MR) is 93.2 cm³/mol. The van der Waals surface area contributed by atoms with E-state index in [9.17, 15) is 10.0 Å². The number of hydrogen-bond acceptors (Lipinski definition) is 8. The summed E-state index contributed by atoms with van der Waals surface area (Å²) in [6, 6.07) is 10.4. The maximum atomic E-state index is 12.0. The van der Waals surface area contributed by atoms with Crippen molar-refractivity contribution in [1.82, 2.24) is 15.0 Å². The van der Waals surface area contributed by atoms with E-state index >= 15 is 0 Å². The van der Waals surface area contributed by atoms with Crippen molar-refractivity contribution < 1.29 is 14.3 Å². The number of pyridine rings is 1. The molecule has 0 aliphatic rings. The molecule has 3 N–H and O–H groups in total. The van der Waals surface area contributed by atoms with Crippen LogP contribution in [0.25, 0.3) is 0 Å². The number of carbonyl (C=O) groups excluding carboxylic acids is 1. The van der Waals surface area contributed by atoms with Gasteiger partial charge in [0.1, 0.15) is 0 Å². The van der Waals surface area contributed by atoms with Crippen molar-refractivity contribution in [1.29, 1.82) is 0 Å². The Labute approximate surface area is 149 Å². The van der Waals surface area contributed by atoms with Crippen LogP contribution in [0.5, 0.6) is 0 Å². The summed E-state index contributed by atoms with van der Waals surface area (Å²) in [5.74, 6) is -0.131. The zero-order valence-electron chi connectivity index (χ0n) is 13.9. The minimum atomic E-state index is -0.599. The molecule has 26 heavy (non-hydrogen) atoms. The van der Waals surface area contributed by atoms with Gasteiger partial charge in [-0.25, -0.2) is 4.79 Å². The molecule has 0 aliphatic carbocycles. The third-order valence-corrected chi connectivity index (χ3v) is 3.46. The molecule has 0 saturated carbocycles. The lowest BCUT2D eigenvalue weighted by Crippen LogP contribution is -2.24. The van der Waals surface area contributed by atoms with Crippen LogP contribution in [0.1, 0.15) is 21.7 Å². The molecule has 0 atom stereocenters. The first-order valence-electron chi connectivity index (χ1n) is 7.70. The molecule has 0 saturated heterocycles. The molecule has 9 nitrogen and oxygen atoms in total. The van der Waals surface area contributed by atoms with Gasteiger partial charge < -0.3 is 21.0 Å². The molecule has 0 radical (unpaired) electrons. The van der Waals surface area contributed by atoms with Gasteiger partial charge in [0.05, 0.1) is 5.56 Å². The highest BCUT2D eigenvalue weighted by Crippen LogP contribution is 2.18. The number of nitrogens with zero attached hydrogens (tertiary/aromatic N) is 4. The highest BCUT2D eigenvalue weighted by molar-refractivity contribution is 5.88. The van der Waals surface area contributed by atoms with E-state index in [1.54, 1.807) is 0 Å². The molecule has 0 amide bonds.